The van der Waals surface area contributed by atoms with E-state index in [0.717, 1.165) is 25.1 Å². The molecular weight excluding hydrogens is 292 g/mol. The van der Waals surface area contributed by atoms with Gasteiger partial charge < -0.3 is 5.32 Å². The maximum Gasteiger partial charge on any atom is 0.237 e. The predicted molar refractivity (Wildman–Crippen MR) is 90.9 cm³/mol. The lowest BCUT2D eigenvalue weighted by atomic mass is 10.1. The minimum Gasteiger partial charge on any atom is -0.348 e. The summed E-state index contributed by atoms with van der Waals surface area (Å²) in [7, 11) is 0. The summed E-state index contributed by atoms with van der Waals surface area (Å²) in [6.45, 7) is 5.88. The molecule has 1 N–H and O–H groups in total. The molecule has 1 amide bonds. The SMILES string of the molecule is CC(NC(=O)C(C)N1CCc2sccc2C1)c1ccccc1. The summed E-state index contributed by atoms with van der Waals surface area (Å²) in [4.78, 5) is 16.3. The van der Waals surface area contributed by atoms with Crippen molar-refractivity contribution in [2.45, 2.75) is 38.9 Å². The number of nitrogens with zero attached hydrogens (tertiary/aromatic N) is 1. The Kier molecular flexibility index (Phi) is 4.60. The van der Waals surface area contributed by atoms with Crippen LogP contribution in [0.4, 0.5) is 0 Å². The van der Waals surface area contributed by atoms with Crippen LogP contribution in [0, 0.1) is 0 Å². The quantitative estimate of drug-likeness (QED) is 0.938. The van der Waals surface area contributed by atoms with Gasteiger partial charge in [0.1, 0.15) is 0 Å². The molecule has 2 aromatic rings. The van der Waals surface area contributed by atoms with E-state index in [2.05, 4.69) is 21.7 Å². The van der Waals surface area contributed by atoms with Gasteiger partial charge in [-0.15, -0.1) is 11.3 Å². The molecule has 1 aliphatic heterocycles. The Hall–Kier alpha value is -1.65. The highest BCUT2D eigenvalue weighted by molar-refractivity contribution is 7.10. The van der Waals surface area contributed by atoms with Crippen LogP contribution >= 0.6 is 11.3 Å². The maximum absolute atomic E-state index is 12.5. The number of rotatable bonds is 4. The largest absolute Gasteiger partial charge is 0.348 e. The Morgan fingerprint density at radius 3 is 2.77 bits per heavy atom. The maximum atomic E-state index is 12.5. The second kappa shape index (κ2) is 6.63. The fourth-order valence-electron chi connectivity index (χ4n) is 2.93. The van der Waals surface area contributed by atoms with Gasteiger partial charge in [-0.05, 0) is 42.8 Å². The van der Waals surface area contributed by atoms with Gasteiger partial charge in [0.2, 0.25) is 5.91 Å². The van der Waals surface area contributed by atoms with Crippen molar-refractivity contribution in [3.05, 3.63) is 57.8 Å². The van der Waals surface area contributed by atoms with Gasteiger partial charge in [0.05, 0.1) is 12.1 Å². The number of benzene rings is 1. The number of carbonyl (C=O) groups is 1. The molecule has 4 heteroatoms. The third-order valence-electron chi connectivity index (χ3n) is 4.42. The van der Waals surface area contributed by atoms with Gasteiger partial charge in [-0.3, -0.25) is 9.69 Å². The van der Waals surface area contributed by atoms with Crippen LogP contribution in [0.3, 0.4) is 0 Å². The van der Waals surface area contributed by atoms with Crippen LogP contribution < -0.4 is 5.32 Å². The second-order valence-corrected chi connectivity index (χ2v) is 6.91. The van der Waals surface area contributed by atoms with Crippen molar-refractivity contribution in [2.75, 3.05) is 6.54 Å². The summed E-state index contributed by atoms with van der Waals surface area (Å²) >= 11 is 1.83. The molecule has 3 nitrogen and oxygen atoms in total. The van der Waals surface area contributed by atoms with Crippen molar-refractivity contribution >= 4 is 17.2 Å². The van der Waals surface area contributed by atoms with Crippen LogP contribution in [-0.4, -0.2) is 23.4 Å². The highest BCUT2D eigenvalue weighted by atomic mass is 32.1. The Morgan fingerprint density at radius 2 is 2.00 bits per heavy atom. The molecule has 22 heavy (non-hydrogen) atoms. The molecule has 2 heterocycles. The molecule has 0 aliphatic carbocycles. The normalized spacial score (nSPS) is 17.5. The van der Waals surface area contributed by atoms with Crippen LogP contribution in [0.1, 0.15) is 35.9 Å². The van der Waals surface area contributed by atoms with E-state index in [-0.39, 0.29) is 18.0 Å². The van der Waals surface area contributed by atoms with Crippen LogP contribution in [0.15, 0.2) is 41.8 Å². The molecular formula is C18H22N2OS. The molecule has 116 valence electrons. The average molecular weight is 314 g/mol. The number of hydrogen-bond acceptors (Lipinski definition) is 3. The fraction of sp³-hybridized carbons (Fsp3) is 0.389. The zero-order chi connectivity index (χ0) is 15.5. The molecule has 0 saturated carbocycles. The summed E-state index contributed by atoms with van der Waals surface area (Å²) < 4.78 is 0. The first-order valence-electron chi connectivity index (χ1n) is 7.80. The number of nitrogens with one attached hydrogen (secondary N) is 1. The minimum absolute atomic E-state index is 0.0395. The van der Waals surface area contributed by atoms with Crippen LogP contribution in [0.2, 0.25) is 0 Å². The fourth-order valence-corrected chi connectivity index (χ4v) is 3.82. The van der Waals surface area contributed by atoms with Gasteiger partial charge in [0.25, 0.3) is 0 Å². The predicted octanol–water partition coefficient (Wildman–Crippen LogP) is 3.37. The van der Waals surface area contributed by atoms with E-state index in [0.29, 0.717) is 0 Å². The summed E-state index contributed by atoms with van der Waals surface area (Å²) in [6.07, 6.45) is 1.05. The van der Waals surface area contributed by atoms with Crippen molar-refractivity contribution in [3.63, 3.8) is 0 Å². The number of hydrogen-bond donors (Lipinski definition) is 1. The van der Waals surface area contributed by atoms with Crippen LogP contribution in [-0.2, 0) is 17.8 Å². The van der Waals surface area contributed by atoms with Crippen molar-refractivity contribution in [1.82, 2.24) is 10.2 Å². The Labute approximate surface area is 136 Å². The van der Waals surface area contributed by atoms with Crippen molar-refractivity contribution in [2.24, 2.45) is 0 Å². The summed E-state index contributed by atoms with van der Waals surface area (Å²) in [6, 6.07) is 12.2. The van der Waals surface area contributed by atoms with Gasteiger partial charge in [-0.1, -0.05) is 30.3 Å². The van der Waals surface area contributed by atoms with E-state index >= 15 is 0 Å². The van der Waals surface area contributed by atoms with E-state index in [4.69, 9.17) is 0 Å². The van der Waals surface area contributed by atoms with E-state index in [1.54, 1.807) is 0 Å². The van der Waals surface area contributed by atoms with E-state index in [9.17, 15) is 4.79 Å². The first-order valence-corrected chi connectivity index (χ1v) is 8.67. The van der Waals surface area contributed by atoms with E-state index in [1.165, 1.54) is 10.4 Å². The van der Waals surface area contributed by atoms with Gasteiger partial charge in [-0.2, -0.15) is 0 Å². The zero-order valence-electron chi connectivity index (χ0n) is 13.1. The van der Waals surface area contributed by atoms with Crippen molar-refractivity contribution in [3.8, 4) is 0 Å². The number of carbonyl (C=O) groups excluding carboxylic acids is 1. The average Bonchev–Trinajstić information content (AvgIpc) is 3.02. The highest BCUT2D eigenvalue weighted by Gasteiger charge is 2.26. The first-order chi connectivity index (χ1) is 10.6. The molecule has 0 fully saturated rings. The molecule has 0 spiro atoms. The summed E-state index contributed by atoms with van der Waals surface area (Å²) in [5.74, 6) is 0.107. The number of fused-ring (bicyclic) bond motifs is 1. The lowest BCUT2D eigenvalue weighted by Gasteiger charge is -2.32. The number of thiophene rings is 1. The smallest absolute Gasteiger partial charge is 0.237 e. The molecule has 3 rings (SSSR count). The lowest BCUT2D eigenvalue weighted by molar-refractivity contribution is -0.126. The Balaban J connectivity index is 1.61. The molecule has 2 atom stereocenters. The summed E-state index contributed by atoms with van der Waals surface area (Å²) in [5.41, 5.74) is 2.52. The topological polar surface area (TPSA) is 32.3 Å². The molecule has 0 radical (unpaired) electrons. The van der Waals surface area contributed by atoms with Gasteiger partial charge >= 0.3 is 0 Å². The van der Waals surface area contributed by atoms with Crippen molar-refractivity contribution < 1.29 is 4.79 Å². The van der Waals surface area contributed by atoms with E-state index < -0.39 is 0 Å². The second-order valence-electron chi connectivity index (χ2n) is 5.91. The molecule has 0 saturated heterocycles. The lowest BCUT2D eigenvalue weighted by Crippen LogP contribution is -2.47. The first kappa shape index (κ1) is 15.3. The molecule has 1 aromatic carbocycles. The van der Waals surface area contributed by atoms with Crippen LogP contribution in [0.5, 0.6) is 0 Å². The molecule has 1 aliphatic rings. The molecule has 2 unspecified atom stereocenters. The summed E-state index contributed by atoms with van der Waals surface area (Å²) in [5, 5.41) is 5.28. The van der Waals surface area contributed by atoms with Gasteiger partial charge in [0, 0.05) is 18.0 Å². The van der Waals surface area contributed by atoms with Gasteiger partial charge in [-0.25, -0.2) is 0 Å². The Morgan fingerprint density at radius 1 is 1.23 bits per heavy atom. The minimum atomic E-state index is -0.0980. The van der Waals surface area contributed by atoms with E-state index in [1.807, 2.05) is 55.5 Å². The third-order valence-corrected chi connectivity index (χ3v) is 5.45. The molecule has 0 bridgehead atoms. The highest BCUT2D eigenvalue weighted by Crippen LogP contribution is 2.25. The zero-order valence-corrected chi connectivity index (χ0v) is 13.9. The van der Waals surface area contributed by atoms with Crippen molar-refractivity contribution in [1.29, 1.82) is 0 Å². The third kappa shape index (κ3) is 3.23. The standard InChI is InChI=1S/C18H22N2OS/c1-13(15-6-4-3-5-7-15)19-18(21)14(2)20-10-8-17-16(12-20)9-11-22-17/h3-7,9,11,13-14H,8,10,12H2,1-2H3,(H,19,21). The van der Waals surface area contributed by atoms with Gasteiger partial charge in [0.15, 0.2) is 0 Å². The van der Waals surface area contributed by atoms with Crippen LogP contribution in [0.25, 0.3) is 0 Å². The Bertz CT molecular complexity index is 638. The monoisotopic (exact) mass is 314 g/mol. The molecule has 1 aromatic heterocycles. The number of amides is 1.